The van der Waals surface area contributed by atoms with Crippen molar-refractivity contribution in [3.8, 4) is 22.5 Å². The number of aliphatic carboxylic acids is 1. The number of piperazine rings is 2. The van der Waals surface area contributed by atoms with Crippen LogP contribution in [0, 0.1) is 0 Å². The monoisotopic (exact) mass is 816 g/mol. The van der Waals surface area contributed by atoms with Gasteiger partial charge in [0.15, 0.2) is 6.04 Å². The summed E-state index contributed by atoms with van der Waals surface area (Å²) < 4.78 is 21.8. The Hall–Kier alpha value is -5.67. The number of rotatable bonds is 5. The van der Waals surface area contributed by atoms with E-state index in [1.54, 1.807) is 37.8 Å². The number of amides is 3. The lowest BCUT2D eigenvalue weighted by Gasteiger charge is -2.39. The number of hydrogen-bond donors (Lipinski definition) is 2. The fourth-order valence-corrected chi connectivity index (χ4v) is 7.10. The van der Waals surface area contributed by atoms with E-state index in [9.17, 15) is 24.3 Å². The highest BCUT2D eigenvalue weighted by atomic mass is 35.5. The summed E-state index contributed by atoms with van der Waals surface area (Å²) in [6.07, 6.45) is -1.64. The van der Waals surface area contributed by atoms with Crippen LogP contribution in [0.1, 0.15) is 70.5 Å². The summed E-state index contributed by atoms with van der Waals surface area (Å²) in [5.74, 6) is -0.415. The van der Waals surface area contributed by atoms with E-state index in [1.807, 2.05) is 81.4 Å². The molecule has 0 saturated carbocycles. The van der Waals surface area contributed by atoms with E-state index < -0.39 is 35.4 Å². The predicted molar refractivity (Wildman–Crippen MR) is 214 cm³/mol. The molecular formula is C42H49ClN6O9. The van der Waals surface area contributed by atoms with Crippen LogP contribution in [-0.4, -0.2) is 117 Å². The number of carboxylic acids is 1. The van der Waals surface area contributed by atoms with Crippen LogP contribution in [0.5, 0.6) is 0 Å². The van der Waals surface area contributed by atoms with Crippen molar-refractivity contribution < 1.29 is 43.0 Å². The van der Waals surface area contributed by atoms with Crippen molar-refractivity contribution in [2.24, 2.45) is 0 Å². The Balaban J connectivity index is 0.000000203. The SMILES string of the molecule is CC(C)(C)OC(=O)N1CCN(C(=O)OCC2c3ccccc3-c3ccccc32)C(C(=O)O)C1.CC(C)(C)OC(=O)N1CCNC(c2nc(-c3cccc(Cl)c3)no2)C1. The lowest BCUT2D eigenvalue weighted by molar-refractivity contribution is -0.144. The number of carbonyl (C=O) groups is 4. The van der Waals surface area contributed by atoms with Crippen LogP contribution in [0.3, 0.4) is 0 Å². The molecule has 3 heterocycles. The van der Waals surface area contributed by atoms with Crippen molar-refractivity contribution in [1.29, 1.82) is 0 Å². The molecule has 2 N–H and O–H groups in total. The van der Waals surface area contributed by atoms with Gasteiger partial charge in [0.05, 0.1) is 6.54 Å². The molecule has 1 aromatic heterocycles. The minimum Gasteiger partial charge on any atom is -0.480 e. The van der Waals surface area contributed by atoms with Gasteiger partial charge in [0.1, 0.15) is 23.9 Å². The maximum Gasteiger partial charge on any atom is 0.410 e. The average molecular weight is 817 g/mol. The number of benzene rings is 3. The van der Waals surface area contributed by atoms with Gasteiger partial charge in [-0.2, -0.15) is 4.98 Å². The zero-order chi connectivity index (χ0) is 41.8. The molecule has 3 aromatic carbocycles. The van der Waals surface area contributed by atoms with E-state index in [0.717, 1.165) is 27.8 Å². The van der Waals surface area contributed by atoms with Crippen LogP contribution < -0.4 is 5.32 Å². The maximum absolute atomic E-state index is 12.9. The molecule has 7 rings (SSSR count). The molecule has 0 spiro atoms. The summed E-state index contributed by atoms with van der Waals surface area (Å²) in [5.41, 5.74) is 3.95. The predicted octanol–water partition coefficient (Wildman–Crippen LogP) is 7.21. The second kappa shape index (κ2) is 17.4. The first-order valence-electron chi connectivity index (χ1n) is 19.1. The molecule has 2 fully saturated rings. The first kappa shape index (κ1) is 41.9. The molecule has 308 valence electrons. The molecule has 2 unspecified atom stereocenters. The van der Waals surface area contributed by atoms with Crippen molar-refractivity contribution in [3.05, 3.63) is 94.8 Å². The number of halogens is 1. The number of nitrogens with zero attached hydrogens (tertiary/aromatic N) is 5. The smallest absolute Gasteiger partial charge is 0.410 e. The fraction of sp³-hybridized carbons (Fsp3) is 0.429. The van der Waals surface area contributed by atoms with Gasteiger partial charge in [-0.3, -0.25) is 4.90 Å². The number of carboxylic acid groups (broad SMARTS) is 1. The maximum atomic E-state index is 12.9. The number of hydrogen-bond acceptors (Lipinski definition) is 11. The molecule has 0 radical (unpaired) electrons. The van der Waals surface area contributed by atoms with E-state index in [4.69, 9.17) is 30.3 Å². The van der Waals surface area contributed by atoms with Gasteiger partial charge in [-0.1, -0.05) is 77.4 Å². The largest absolute Gasteiger partial charge is 0.480 e. The first-order valence-corrected chi connectivity index (χ1v) is 19.5. The van der Waals surface area contributed by atoms with Gasteiger partial charge in [-0.15, -0.1) is 0 Å². The number of carbonyl (C=O) groups excluding carboxylic acids is 3. The second-order valence-electron chi connectivity index (χ2n) is 16.2. The van der Waals surface area contributed by atoms with E-state index in [-0.39, 0.29) is 44.3 Å². The summed E-state index contributed by atoms with van der Waals surface area (Å²) in [6, 6.07) is 21.8. The molecule has 2 saturated heterocycles. The van der Waals surface area contributed by atoms with Crippen LogP contribution in [0.25, 0.3) is 22.5 Å². The molecule has 58 heavy (non-hydrogen) atoms. The van der Waals surface area contributed by atoms with E-state index in [0.29, 0.717) is 36.4 Å². The molecule has 4 aromatic rings. The number of fused-ring (bicyclic) bond motifs is 3. The third-order valence-corrected chi connectivity index (χ3v) is 9.77. The highest BCUT2D eigenvalue weighted by Gasteiger charge is 2.40. The van der Waals surface area contributed by atoms with E-state index in [1.165, 1.54) is 9.80 Å². The average Bonchev–Trinajstić information content (AvgIpc) is 3.80. The summed E-state index contributed by atoms with van der Waals surface area (Å²) in [6.45, 7) is 12.5. The number of nitrogens with one attached hydrogen (secondary N) is 1. The van der Waals surface area contributed by atoms with Crippen LogP contribution in [0.4, 0.5) is 14.4 Å². The second-order valence-corrected chi connectivity index (χ2v) is 16.6. The first-order chi connectivity index (χ1) is 27.5. The highest BCUT2D eigenvalue weighted by Crippen LogP contribution is 2.44. The molecule has 16 heteroatoms. The van der Waals surface area contributed by atoms with Crippen molar-refractivity contribution in [2.75, 3.05) is 45.9 Å². The van der Waals surface area contributed by atoms with Crippen LogP contribution in [0.15, 0.2) is 77.3 Å². The van der Waals surface area contributed by atoms with Crippen LogP contribution >= 0.6 is 11.6 Å². The minimum absolute atomic E-state index is 0.0485. The lowest BCUT2D eigenvalue weighted by Crippen LogP contribution is -2.60. The summed E-state index contributed by atoms with van der Waals surface area (Å²) in [4.78, 5) is 58.0. The molecule has 0 bridgehead atoms. The molecule has 15 nitrogen and oxygen atoms in total. The zero-order valence-electron chi connectivity index (χ0n) is 33.4. The van der Waals surface area contributed by atoms with E-state index in [2.05, 4.69) is 15.5 Å². The minimum atomic E-state index is -1.21. The molecule has 2 aliphatic heterocycles. The van der Waals surface area contributed by atoms with Gasteiger partial charge < -0.3 is 39.0 Å². The highest BCUT2D eigenvalue weighted by molar-refractivity contribution is 6.30. The van der Waals surface area contributed by atoms with Gasteiger partial charge in [0.2, 0.25) is 11.7 Å². The van der Waals surface area contributed by atoms with Crippen molar-refractivity contribution in [1.82, 2.24) is 30.2 Å². The Bertz CT molecular complexity index is 2080. The molecule has 2 atom stereocenters. The summed E-state index contributed by atoms with van der Waals surface area (Å²) in [5, 5.41) is 17.6. The Morgan fingerprint density at radius 2 is 1.41 bits per heavy atom. The van der Waals surface area contributed by atoms with Crippen molar-refractivity contribution in [2.45, 2.75) is 70.7 Å². The Kier molecular flexibility index (Phi) is 12.6. The van der Waals surface area contributed by atoms with Gasteiger partial charge in [-0.25, -0.2) is 19.2 Å². The normalized spacial score (nSPS) is 18.0. The third kappa shape index (κ3) is 10.2. The Labute approximate surface area is 342 Å². The topological polar surface area (TPSA) is 177 Å². The van der Waals surface area contributed by atoms with Gasteiger partial charge in [0, 0.05) is 49.2 Å². The zero-order valence-corrected chi connectivity index (χ0v) is 34.2. The van der Waals surface area contributed by atoms with Crippen molar-refractivity contribution >= 4 is 35.8 Å². The van der Waals surface area contributed by atoms with Gasteiger partial charge in [0.25, 0.3) is 0 Å². The number of aromatic nitrogens is 2. The fourth-order valence-electron chi connectivity index (χ4n) is 6.91. The quantitative estimate of drug-likeness (QED) is 0.194. The summed E-state index contributed by atoms with van der Waals surface area (Å²) >= 11 is 6.00. The van der Waals surface area contributed by atoms with Crippen LogP contribution in [-0.2, 0) is 19.0 Å². The Morgan fingerprint density at radius 1 is 0.810 bits per heavy atom. The Morgan fingerprint density at radius 3 is 2.00 bits per heavy atom. The molecule has 1 aliphatic carbocycles. The van der Waals surface area contributed by atoms with E-state index >= 15 is 0 Å². The van der Waals surface area contributed by atoms with Gasteiger partial charge >= 0.3 is 24.2 Å². The van der Waals surface area contributed by atoms with Gasteiger partial charge in [-0.05, 0) is 75.9 Å². The van der Waals surface area contributed by atoms with Crippen molar-refractivity contribution in [3.63, 3.8) is 0 Å². The lowest BCUT2D eigenvalue weighted by atomic mass is 9.98. The number of ether oxygens (including phenoxy) is 3. The summed E-state index contributed by atoms with van der Waals surface area (Å²) in [7, 11) is 0. The third-order valence-electron chi connectivity index (χ3n) is 9.54. The van der Waals surface area contributed by atoms with Crippen LogP contribution in [0.2, 0.25) is 5.02 Å². The molecule has 3 amide bonds. The molecule has 3 aliphatic rings. The standard InChI is InChI=1S/C25H28N2O6.C17H21ClN4O3/c1-25(2,3)33-23(30)26-12-13-27(21(14-26)22(28)29)24(31)32-15-20-18-10-6-4-8-16(18)17-9-5-7-11-19(17)20;1-17(2,3)24-16(23)22-8-7-19-13(10-22)15-20-14(21-25-15)11-5-4-6-12(18)9-11/h4-11,20-21H,12-15H2,1-3H3,(H,28,29);4-6,9,13,19H,7-8,10H2,1-3H3. The molecular weight excluding hydrogens is 768 g/mol.